The Labute approximate surface area is 118 Å². The fourth-order valence-corrected chi connectivity index (χ4v) is 1.49. The molecule has 0 aliphatic carbocycles. The summed E-state index contributed by atoms with van der Waals surface area (Å²) < 4.78 is 0. The summed E-state index contributed by atoms with van der Waals surface area (Å²) in [5, 5.41) is 9.33. The van der Waals surface area contributed by atoms with Gasteiger partial charge in [0, 0.05) is 0 Å². The van der Waals surface area contributed by atoms with Gasteiger partial charge in [-0.2, -0.15) is 15.4 Å². The third-order valence-corrected chi connectivity index (χ3v) is 2.40. The smallest absolute Gasteiger partial charge is 0.0690 e. The minimum Gasteiger partial charge on any atom is -0.344 e. The van der Waals surface area contributed by atoms with E-state index in [-0.39, 0.29) is 6.15 Å². The molecule has 3 aromatic rings. The summed E-state index contributed by atoms with van der Waals surface area (Å²) in [5.74, 6) is 0. The Bertz CT molecular complexity index is 516. The Balaban J connectivity index is 0.000000283. The molecule has 4 heteroatoms. The fraction of sp³-hybridized carbons (Fsp3) is 0. The van der Waals surface area contributed by atoms with Gasteiger partial charge in [0.25, 0.3) is 0 Å². The molecule has 0 fully saturated rings. The van der Waals surface area contributed by atoms with Crippen molar-refractivity contribution in [2.24, 2.45) is 0 Å². The molecule has 0 spiro atoms. The summed E-state index contributed by atoms with van der Waals surface area (Å²) in [6.07, 6.45) is 7.41. The molecule has 0 saturated carbocycles. The van der Waals surface area contributed by atoms with Gasteiger partial charge < -0.3 is 6.15 Å². The molecule has 0 aliphatic heterocycles. The van der Waals surface area contributed by atoms with E-state index in [1.807, 2.05) is 36.4 Å². The zero-order chi connectivity index (χ0) is 13.2. The maximum Gasteiger partial charge on any atom is 0.0690 e. The molecule has 0 bridgehead atoms. The molecular weight excluding hydrogens is 248 g/mol. The average Bonchev–Trinajstić information content (AvgIpc) is 3.07. The van der Waals surface area contributed by atoms with E-state index in [4.69, 9.17) is 0 Å². The number of nitrogens with one attached hydrogen (secondary N) is 1. The minimum atomic E-state index is 0. The van der Waals surface area contributed by atoms with Crippen LogP contribution in [0.15, 0.2) is 73.1 Å². The maximum absolute atomic E-state index is 3.49. The van der Waals surface area contributed by atoms with Gasteiger partial charge in [-0.15, -0.1) is 0 Å². The summed E-state index contributed by atoms with van der Waals surface area (Å²) in [5.41, 5.74) is 2.47. The van der Waals surface area contributed by atoms with E-state index in [9.17, 15) is 0 Å². The van der Waals surface area contributed by atoms with Gasteiger partial charge in [-0.05, 0) is 11.1 Å². The third kappa shape index (κ3) is 5.75. The van der Waals surface area contributed by atoms with E-state index < -0.39 is 0 Å². The second-order valence-electron chi connectivity index (χ2n) is 3.81. The Hall–Kier alpha value is -2.72. The number of benzene rings is 2. The van der Waals surface area contributed by atoms with Gasteiger partial charge in [0.1, 0.15) is 0 Å². The van der Waals surface area contributed by atoms with Crippen molar-refractivity contribution in [1.29, 1.82) is 0 Å². The van der Waals surface area contributed by atoms with Crippen molar-refractivity contribution in [3.63, 3.8) is 0 Å². The van der Waals surface area contributed by atoms with E-state index in [0.29, 0.717) is 0 Å². The average molecular weight is 266 g/mol. The maximum atomic E-state index is 3.49. The van der Waals surface area contributed by atoms with Crippen molar-refractivity contribution in [3.8, 4) is 0 Å². The number of nitrogens with zero attached hydrogens (tertiary/aromatic N) is 2. The lowest BCUT2D eigenvalue weighted by molar-refractivity contribution is 0.940. The molecule has 1 aromatic heterocycles. The summed E-state index contributed by atoms with van der Waals surface area (Å²) in [7, 11) is 0. The normalized spacial score (nSPS) is 9.40. The molecule has 0 radical (unpaired) electrons. The van der Waals surface area contributed by atoms with Crippen LogP contribution in [0.4, 0.5) is 0 Å². The number of hydrogen-bond donors (Lipinski definition) is 2. The summed E-state index contributed by atoms with van der Waals surface area (Å²) >= 11 is 0. The summed E-state index contributed by atoms with van der Waals surface area (Å²) in [6.45, 7) is 0. The largest absolute Gasteiger partial charge is 0.344 e. The molecule has 3 rings (SSSR count). The highest BCUT2D eigenvalue weighted by molar-refractivity contribution is 5.69. The highest BCUT2D eigenvalue weighted by Crippen LogP contribution is 2.06. The lowest BCUT2D eigenvalue weighted by Crippen LogP contribution is -1.70. The van der Waals surface area contributed by atoms with E-state index in [1.165, 1.54) is 11.1 Å². The van der Waals surface area contributed by atoms with Gasteiger partial charge in [0.2, 0.25) is 0 Å². The van der Waals surface area contributed by atoms with Crippen molar-refractivity contribution >= 4 is 12.2 Å². The van der Waals surface area contributed by atoms with E-state index in [2.05, 4.69) is 51.8 Å². The van der Waals surface area contributed by atoms with E-state index in [0.717, 1.165) is 0 Å². The Morgan fingerprint density at radius 3 is 1.35 bits per heavy atom. The molecule has 20 heavy (non-hydrogen) atoms. The Kier molecular flexibility index (Phi) is 7.09. The van der Waals surface area contributed by atoms with Crippen LogP contribution in [0.2, 0.25) is 0 Å². The number of hydrogen-bond acceptors (Lipinski definition) is 3. The molecule has 0 amide bonds. The Morgan fingerprint density at radius 1 is 0.650 bits per heavy atom. The van der Waals surface area contributed by atoms with Crippen molar-refractivity contribution in [3.05, 3.63) is 84.2 Å². The van der Waals surface area contributed by atoms with E-state index in [1.54, 1.807) is 12.4 Å². The van der Waals surface area contributed by atoms with Crippen LogP contribution in [0.5, 0.6) is 0 Å². The predicted octanol–water partition coefficient (Wildman–Crippen LogP) is 3.82. The molecule has 2 aromatic carbocycles. The van der Waals surface area contributed by atoms with Crippen molar-refractivity contribution < 1.29 is 0 Å². The molecule has 1 heterocycles. The molecule has 0 unspecified atom stereocenters. The number of rotatable bonds is 2. The zero-order valence-corrected chi connectivity index (χ0v) is 11.2. The topological polar surface area (TPSA) is 76.6 Å². The van der Waals surface area contributed by atoms with Gasteiger partial charge in [0.05, 0.1) is 12.4 Å². The van der Waals surface area contributed by atoms with Crippen molar-refractivity contribution in [2.75, 3.05) is 0 Å². The summed E-state index contributed by atoms with van der Waals surface area (Å²) in [4.78, 5) is 0. The van der Waals surface area contributed by atoms with Gasteiger partial charge in [-0.1, -0.05) is 72.8 Å². The number of aromatic amines is 1. The standard InChI is InChI=1S/C14H12.C2H3N3.H3N/c1-3-7-13(8-4-1)11-12-14-9-5-2-6-10-14;1-2-4-5-3-1;/h1-12H;1-2H,(H,3,4,5);1H3. The lowest BCUT2D eigenvalue weighted by Gasteiger charge is -1.92. The third-order valence-electron chi connectivity index (χ3n) is 2.40. The molecule has 0 aliphatic rings. The highest BCUT2D eigenvalue weighted by Gasteiger charge is 1.84. The molecule has 0 saturated heterocycles. The van der Waals surface area contributed by atoms with Gasteiger partial charge in [-0.25, -0.2) is 0 Å². The van der Waals surface area contributed by atoms with Crippen LogP contribution in [0.25, 0.3) is 12.2 Å². The lowest BCUT2D eigenvalue weighted by atomic mass is 10.1. The van der Waals surface area contributed by atoms with Gasteiger partial charge >= 0.3 is 0 Å². The number of aromatic nitrogens is 3. The molecule has 0 atom stereocenters. The molecule has 4 nitrogen and oxygen atoms in total. The molecule has 4 N–H and O–H groups in total. The van der Waals surface area contributed by atoms with Crippen molar-refractivity contribution in [2.45, 2.75) is 0 Å². The van der Waals surface area contributed by atoms with Gasteiger partial charge in [-0.3, -0.25) is 0 Å². The van der Waals surface area contributed by atoms with E-state index >= 15 is 0 Å². The van der Waals surface area contributed by atoms with Gasteiger partial charge in [0.15, 0.2) is 0 Å². The SMILES string of the molecule is C(=Cc1ccccc1)c1ccccc1.N.c1cn[nH]n1. The first-order valence-corrected chi connectivity index (χ1v) is 6.03. The van der Waals surface area contributed by atoms with Crippen LogP contribution in [-0.2, 0) is 0 Å². The Morgan fingerprint density at radius 2 is 1.05 bits per heavy atom. The quantitative estimate of drug-likeness (QED) is 0.692. The van der Waals surface area contributed by atoms with Crippen LogP contribution in [0, 0.1) is 0 Å². The van der Waals surface area contributed by atoms with Crippen LogP contribution in [0.3, 0.4) is 0 Å². The second-order valence-corrected chi connectivity index (χ2v) is 3.81. The molecular formula is C16H18N4. The van der Waals surface area contributed by atoms with Crippen LogP contribution in [0.1, 0.15) is 11.1 Å². The first-order valence-electron chi connectivity index (χ1n) is 6.03. The zero-order valence-electron chi connectivity index (χ0n) is 11.2. The minimum absolute atomic E-state index is 0. The first-order chi connectivity index (χ1) is 9.45. The fourth-order valence-electron chi connectivity index (χ4n) is 1.49. The van der Waals surface area contributed by atoms with Crippen LogP contribution in [-0.4, -0.2) is 15.4 Å². The predicted molar refractivity (Wildman–Crippen MR) is 83.2 cm³/mol. The monoisotopic (exact) mass is 266 g/mol. The van der Waals surface area contributed by atoms with Crippen LogP contribution < -0.4 is 6.15 Å². The molecule has 102 valence electrons. The number of H-pyrrole nitrogens is 1. The second kappa shape index (κ2) is 9.24. The van der Waals surface area contributed by atoms with Crippen molar-refractivity contribution in [1.82, 2.24) is 21.6 Å². The van der Waals surface area contributed by atoms with Crippen LogP contribution >= 0.6 is 0 Å². The summed E-state index contributed by atoms with van der Waals surface area (Å²) in [6, 6.07) is 20.6. The highest BCUT2D eigenvalue weighted by atomic mass is 15.3. The first kappa shape index (κ1) is 15.3.